The molecular formula is C14H38N2O12S6. The summed E-state index contributed by atoms with van der Waals surface area (Å²) >= 11 is 6.82. The molecule has 0 aliphatic heterocycles. The minimum atomic E-state index is -4.34. The molecule has 0 rings (SSSR count). The van der Waals surface area contributed by atoms with Gasteiger partial charge in [-0.25, -0.2) is 0 Å². The van der Waals surface area contributed by atoms with Gasteiger partial charge in [0, 0.05) is 0 Å². The predicted molar refractivity (Wildman–Crippen MR) is 139 cm³/mol. The second kappa shape index (κ2) is 21.4. The summed E-state index contributed by atoms with van der Waals surface area (Å²) < 4.78 is 111. The molecule has 0 aromatic rings. The van der Waals surface area contributed by atoms with E-state index in [-0.39, 0.29) is 0 Å². The van der Waals surface area contributed by atoms with Crippen molar-refractivity contribution in [3.8, 4) is 0 Å². The Hall–Kier alpha value is 0.260. The molecule has 0 radical (unpaired) electrons. The molecule has 20 heteroatoms. The molecule has 0 heterocycles. The Bertz CT molecular complexity index is 825. The van der Waals surface area contributed by atoms with E-state index in [2.05, 4.69) is 63.6 Å². The molecule has 14 nitrogen and oxygen atoms in total. The highest BCUT2D eigenvalue weighted by Crippen LogP contribution is 2.10. The van der Waals surface area contributed by atoms with Crippen LogP contribution in [0.4, 0.5) is 0 Å². The lowest BCUT2D eigenvalue weighted by Crippen LogP contribution is -2.18. The molecule has 0 aliphatic carbocycles. The summed E-state index contributed by atoms with van der Waals surface area (Å²) in [7, 11) is -17.1. The molecule has 0 aromatic heterocycles. The molecule has 0 bridgehead atoms. The summed E-state index contributed by atoms with van der Waals surface area (Å²) in [6.45, 7) is 12.8. The lowest BCUT2D eigenvalue weighted by Gasteiger charge is -2.04. The molecule has 34 heavy (non-hydrogen) atoms. The predicted octanol–water partition coefficient (Wildman–Crippen LogP) is 0.0476. The Balaban J connectivity index is -0.000000191. The summed E-state index contributed by atoms with van der Waals surface area (Å²) in [5.74, 6) is -1.50. The fourth-order valence-electron chi connectivity index (χ4n) is 1.30. The molecule has 0 saturated heterocycles. The number of thiol groups is 2. The van der Waals surface area contributed by atoms with Crippen molar-refractivity contribution in [1.29, 1.82) is 0 Å². The maximum atomic E-state index is 10.3. The van der Waals surface area contributed by atoms with Crippen LogP contribution >= 0.6 is 25.3 Å². The van der Waals surface area contributed by atoms with Gasteiger partial charge in [-0.15, -0.1) is 0 Å². The van der Waals surface area contributed by atoms with Gasteiger partial charge in [-0.05, 0) is 39.0 Å². The largest absolute Gasteiger partial charge is 0.317 e. The van der Waals surface area contributed by atoms with E-state index >= 15 is 0 Å². The smallest absolute Gasteiger partial charge is 0.277 e. The van der Waals surface area contributed by atoms with Crippen molar-refractivity contribution in [2.75, 3.05) is 37.7 Å². The summed E-state index contributed by atoms with van der Waals surface area (Å²) in [6.07, 6.45) is -0.915. The van der Waals surface area contributed by atoms with Gasteiger partial charge in [0.15, 0.2) is 0 Å². The third kappa shape index (κ3) is 39.5. The van der Waals surface area contributed by atoms with Crippen molar-refractivity contribution >= 4 is 65.7 Å². The van der Waals surface area contributed by atoms with Crippen molar-refractivity contribution in [2.24, 2.45) is 0 Å². The Kier molecular flexibility index (Phi) is 26.0. The quantitative estimate of drug-likeness (QED) is 0.106. The molecule has 2 unspecified atom stereocenters. The summed E-state index contributed by atoms with van der Waals surface area (Å²) in [6, 6.07) is 0. The van der Waals surface area contributed by atoms with Gasteiger partial charge in [0.05, 0.1) is 11.5 Å². The third-order valence-corrected chi connectivity index (χ3v) is 8.40. The van der Waals surface area contributed by atoms with E-state index in [1.54, 1.807) is 0 Å². The molecule has 0 fully saturated rings. The van der Waals surface area contributed by atoms with Gasteiger partial charge < -0.3 is 10.6 Å². The van der Waals surface area contributed by atoms with E-state index in [4.69, 9.17) is 18.2 Å². The highest BCUT2D eigenvalue weighted by Gasteiger charge is 2.21. The Labute approximate surface area is 214 Å². The molecular weight excluding hydrogens is 581 g/mol. The molecule has 0 aromatic carbocycles. The van der Waals surface area contributed by atoms with Crippen LogP contribution in [0.3, 0.4) is 0 Å². The highest BCUT2D eigenvalue weighted by atomic mass is 32.3. The standard InChI is InChI=1S/2C4H11N.2C3H8O6S3/c2*1-3-5-4-2;2*4-11(5,6)2-1-3(10)12(7,8)9/h2*5H,3-4H2,1-2H3;2*3,10H,1-2H2,(H,4,5,6)(H,7,8,9). The maximum Gasteiger partial charge on any atom is 0.277 e. The second-order valence-electron chi connectivity index (χ2n) is 6.00. The number of hydrogen-bond donors (Lipinski definition) is 8. The van der Waals surface area contributed by atoms with Crippen molar-refractivity contribution in [1.82, 2.24) is 10.6 Å². The van der Waals surface area contributed by atoms with Crippen LogP contribution in [0.1, 0.15) is 40.5 Å². The highest BCUT2D eigenvalue weighted by molar-refractivity contribution is 8.02. The monoisotopic (exact) mass is 618 g/mol. The van der Waals surface area contributed by atoms with Gasteiger partial charge in [0.1, 0.15) is 9.16 Å². The third-order valence-electron chi connectivity index (χ3n) is 2.93. The maximum absolute atomic E-state index is 10.3. The van der Waals surface area contributed by atoms with Crippen molar-refractivity contribution in [3.05, 3.63) is 0 Å². The molecule has 0 saturated carbocycles. The normalized spacial score (nSPS) is 13.7. The zero-order valence-electron chi connectivity index (χ0n) is 19.4. The summed E-state index contributed by atoms with van der Waals surface area (Å²) in [5.41, 5.74) is 0. The second-order valence-corrected chi connectivity index (χ2v) is 14.3. The first kappa shape index (κ1) is 41.4. The first-order valence-corrected chi connectivity index (χ1v) is 16.9. The fraction of sp³-hybridized carbons (Fsp3) is 1.00. The molecule has 0 spiro atoms. The van der Waals surface area contributed by atoms with Gasteiger partial charge in [-0.1, -0.05) is 27.7 Å². The van der Waals surface area contributed by atoms with Crippen LogP contribution in [-0.4, -0.2) is 98.7 Å². The van der Waals surface area contributed by atoms with Crippen molar-refractivity contribution < 1.29 is 51.9 Å². The minimum Gasteiger partial charge on any atom is -0.317 e. The summed E-state index contributed by atoms with van der Waals surface area (Å²) in [5, 5.41) is 6.22. The average Bonchev–Trinajstić information content (AvgIpc) is 2.64. The van der Waals surface area contributed by atoms with E-state index in [1.807, 2.05) is 0 Å². The van der Waals surface area contributed by atoms with E-state index in [9.17, 15) is 33.7 Å². The van der Waals surface area contributed by atoms with E-state index < -0.39 is 74.0 Å². The zero-order chi connectivity index (χ0) is 28.2. The van der Waals surface area contributed by atoms with Crippen LogP contribution in [0, 0.1) is 0 Å². The van der Waals surface area contributed by atoms with Gasteiger partial charge in [0.2, 0.25) is 0 Å². The van der Waals surface area contributed by atoms with E-state index in [0.717, 1.165) is 26.2 Å². The van der Waals surface area contributed by atoms with Crippen LogP contribution in [0.15, 0.2) is 0 Å². The van der Waals surface area contributed by atoms with Crippen LogP contribution in [0.25, 0.3) is 0 Å². The minimum absolute atomic E-state index is 0.458. The molecule has 2 atom stereocenters. The van der Waals surface area contributed by atoms with Crippen LogP contribution in [-0.2, 0) is 40.5 Å². The van der Waals surface area contributed by atoms with Crippen molar-refractivity contribution in [3.63, 3.8) is 0 Å². The van der Waals surface area contributed by atoms with Crippen molar-refractivity contribution in [2.45, 2.75) is 49.7 Å². The zero-order valence-corrected chi connectivity index (χ0v) is 24.4. The Morgan fingerprint density at radius 3 is 0.853 bits per heavy atom. The average molecular weight is 619 g/mol. The van der Waals surface area contributed by atoms with Gasteiger partial charge in [-0.2, -0.15) is 58.9 Å². The number of hydrogen-bond acceptors (Lipinski definition) is 12. The number of rotatable bonds is 12. The van der Waals surface area contributed by atoms with Crippen LogP contribution in [0.5, 0.6) is 0 Å². The fourth-order valence-corrected chi connectivity index (χ4v) is 4.10. The molecule has 6 N–H and O–H groups in total. The Morgan fingerprint density at radius 1 is 0.559 bits per heavy atom. The first-order chi connectivity index (χ1) is 15.1. The van der Waals surface area contributed by atoms with E-state index in [0.29, 0.717) is 0 Å². The lowest BCUT2D eigenvalue weighted by molar-refractivity contribution is 0.469. The molecule has 0 amide bonds. The van der Waals surface area contributed by atoms with Crippen LogP contribution in [0.2, 0.25) is 0 Å². The number of nitrogens with one attached hydrogen (secondary N) is 2. The van der Waals surface area contributed by atoms with Gasteiger partial charge >= 0.3 is 0 Å². The topological polar surface area (TPSA) is 242 Å². The van der Waals surface area contributed by atoms with Crippen LogP contribution < -0.4 is 10.6 Å². The first-order valence-electron chi connectivity index (χ1n) is 9.69. The molecule has 212 valence electrons. The molecule has 0 aliphatic rings. The van der Waals surface area contributed by atoms with Gasteiger partial charge in [0.25, 0.3) is 40.5 Å². The Morgan fingerprint density at radius 2 is 0.765 bits per heavy atom. The van der Waals surface area contributed by atoms with E-state index in [1.165, 1.54) is 0 Å². The SMILES string of the molecule is CCNCC.CCNCC.O=S(=O)(O)CCC(S)S(=O)(=O)O.O=S(=O)(O)CCC(S)S(=O)(=O)O. The summed E-state index contributed by atoms with van der Waals surface area (Å²) in [4.78, 5) is 0. The van der Waals surface area contributed by atoms with Gasteiger partial charge in [-0.3, -0.25) is 18.2 Å². The lowest BCUT2D eigenvalue weighted by atomic mass is 10.6.